The summed E-state index contributed by atoms with van der Waals surface area (Å²) in [6.07, 6.45) is 15.3. The van der Waals surface area contributed by atoms with Crippen molar-refractivity contribution < 1.29 is 53.8 Å². The zero-order valence-corrected chi connectivity index (χ0v) is 25.1. The molecule has 2 saturated carbocycles. The molecule has 4 aliphatic carbocycles. The predicted molar refractivity (Wildman–Crippen MR) is 140 cm³/mol. The van der Waals surface area contributed by atoms with Gasteiger partial charge in [-0.2, -0.15) is 0 Å². The molecule has 0 heterocycles. The number of esters is 1. The van der Waals surface area contributed by atoms with Gasteiger partial charge < -0.3 is 14.6 Å². The average Bonchev–Trinajstić information content (AvgIpc) is 3.24. The second-order valence-electron chi connectivity index (χ2n) is 10.9. The Labute approximate surface area is 251 Å². The first-order valence-electron chi connectivity index (χ1n) is 13.3. The molecule has 7 heteroatoms. The Balaban J connectivity index is 0.00000336. The third-order valence-corrected chi connectivity index (χ3v) is 9.81. The van der Waals surface area contributed by atoms with Gasteiger partial charge in [0.25, 0.3) is 0 Å². The first-order chi connectivity index (χ1) is 17.8. The van der Waals surface area contributed by atoms with Crippen LogP contribution in [0.4, 0.5) is 0 Å². The van der Waals surface area contributed by atoms with E-state index < -0.39 is 17.5 Å². The number of carbonyl (C=O) groups is 3. The zero-order valence-electron chi connectivity index (χ0n) is 22.3. The molecule has 0 spiro atoms. The maximum Gasteiger partial charge on any atom is 1.00 e. The van der Waals surface area contributed by atoms with Crippen molar-refractivity contribution in [2.75, 3.05) is 6.26 Å². The van der Waals surface area contributed by atoms with Crippen molar-refractivity contribution in [3.05, 3.63) is 52.6 Å². The number of fused-ring (bicyclic) bond motifs is 4. The molecular weight excluding hydrogens is 507 g/mol. The van der Waals surface area contributed by atoms with Crippen LogP contribution in [0, 0.1) is 30.1 Å². The summed E-state index contributed by atoms with van der Waals surface area (Å²) >= 11 is 1.72. The number of carbonyl (C=O) groups excluding carboxylic acids is 3. The minimum atomic E-state index is -1.26. The molecule has 0 saturated heterocycles. The largest absolute Gasteiger partial charge is 1.00 e. The van der Waals surface area contributed by atoms with Crippen molar-refractivity contribution in [1.29, 1.82) is 0 Å². The molecule has 3 unspecified atom stereocenters. The van der Waals surface area contributed by atoms with Crippen LogP contribution in [0.1, 0.15) is 75.7 Å². The molecule has 1 aromatic rings. The normalized spacial score (nSPS) is 29.7. The Kier molecular flexibility index (Phi) is 9.35. The van der Waals surface area contributed by atoms with E-state index in [2.05, 4.69) is 36.4 Å². The quantitative estimate of drug-likeness (QED) is 0.227. The number of thioether (sulfide) groups is 1. The van der Waals surface area contributed by atoms with Crippen LogP contribution in [-0.2, 0) is 19.1 Å². The molecule has 1 aromatic carbocycles. The number of terminal acetylenes is 1. The second-order valence-corrected chi connectivity index (χ2v) is 11.8. The van der Waals surface area contributed by atoms with Gasteiger partial charge in [0.1, 0.15) is 5.60 Å². The third kappa shape index (κ3) is 5.59. The molecular formula is C31H33NaO5S. The van der Waals surface area contributed by atoms with Gasteiger partial charge in [-0.3, -0.25) is 9.59 Å². The number of allylic oxidation sites excluding steroid dienone is 4. The Hall–Kier alpha value is -1.78. The second kappa shape index (κ2) is 12.2. The molecule has 0 amide bonds. The van der Waals surface area contributed by atoms with Crippen LogP contribution < -0.4 is 34.7 Å². The zero-order chi connectivity index (χ0) is 26.2. The summed E-state index contributed by atoms with van der Waals surface area (Å²) in [4.78, 5) is 37.1. The van der Waals surface area contributed by atoms with E-state index in [1.165, 1.54) is 27.2 Å². The van der Waals surface area contributed by atoms with E-state index in [4.69, 9.17) is 11.2 Å². The number of ether oxygens (including phenoxy) is 1. The van der Waals surface area contributed by atoms with Crippen LogP contribution in [0.5, 0.6) is 0 Å². The fraction of sp³-hybridized carbons (Fsp3) is 0.516. The van der Waals surface area contributed by atoms with Crippen molar-refractivity contribution in [3.8, 4) is 12.3 Å². The summed E-state index contributed by atoms with van der Waals surface area (Å²) < 4.78 is 6.13. The SMILES string of the molecule is C#CC[C@]1(OC(=O)CCC(=O)[O-])CCC2C3CCC4=CC(=O)CCC4=C3[C@@H](c3ccc(SC)cc3)CC21.[Na+]. The molecule has 0 aromatic heterocycles. The minimum Gasteiger partial charge on any atom is -0.550 e. The number of ketones is 1. The van der Waals surface area contributed by atoms with E-state index in [9.17, 15) is 19.5 Å². The summed E-state index contributed by atoms with van der Waals surface area (Å²) in [7, 11) is 0. The smallest absolute Gasteiger partial charge is 0.550 e. The predicted octanol–water partition coefficient (Wildman–Crippen LogP) is 1.76. The monoisotopic (exact) mass is 540 g/mol. The van der Waals surface area contributed by atoms with Crippen molar-refractivity contribution in [2.45, 2.75) is 80.6 Å². The topological polar surface area (TPSA) is 83.5 Å². The first kappa shape index (κ1) is 29.2. The molecule has 2 fully saturated rings. The molecule has 0 aliphatic heterocycles. The van der Waals surface area contributed by atoms with Gasteiger partial charge in [-0.25, -0.2) is 0 Å². The Morgan fingerprint density at radius 3 is 2.61 bits per heavy atom. The van der Waals surface area contributed by atoms with Crippen molar-refractivity contribution in [1.82, 2.24) is 0 Å². The number of aliphatic carboxylic acids is 1. The van der Waals surface area contributed by atoms with E-state index in [1.807, 2.05) is 6.08 Å². The first-order valence-corrected chi connectivity index (χ1v) is 14.5. The summed E-state index contributed by atoms with van der Waals surface area (Å²) in [5.74, 6) is 2.23. The van der Waals surface area contributed by atoms with Gasteiger partial charge in [-0.05, 0) is 98.0 Å². The molecule has 5 atom stereocenters. The van der Waals surface area contributed by atoms with E-state index in [-0.39, 0.29) is 60.0 Å². The molecule has 4 aliphatic rings. The molecule has 5 rings (SSSR count). The molecule has 0 radical (unpaired) electrons. The van der Waals surface area contributed by atoms with Crippen molar-refractivity contribution >= 4 is 29.5 Å². The molecule has 0 N–H and O–H groups in total. The van der Waals surface area contributed by atoms with Crippen LogP contribution in [0.3, 0.4) is 0 Å². The number of benzene rings is 1. The number of hydrogen-bond acceptors (Lipinski definition) is 6. The Morgan fingerprint density at radius 1 is 1.16 bits per heavy atom. The van der Waals surface area contributed by atoms with Crippen LogP contribution in [0.2, 0.25) is 0 Å². The van der Waals surface area contributed by atoms with Gasteiger partial charge >= 0.3 is 35.5 Å². The molecule has 0 bridgehead atoms. The fourth-order valence-corrected chi connectivity index (χ4v) is 7.96. The van der Waals surface area contributed by atoms with E-state index in [1.54, 1.807) is 11.8 Å². The summed E-state index contributed by atoms with van der Waals surface area (Å²) in [5, 5.41) is 10.9. The summed E-state index contributed by atoms with van der Waals surface area (Å²) in [5.41, 5.74) is 4.57. The number of carboxylic acids is 1. The Morgan fingerprint density at radius 2 is 1.92 bits per heavy atom. The third-order valence-electron chi connectivity index (χ3n) is 9.06. The van der Waals surface area contributed by atoms with Gasteiger partial charge in [-0.15, -0.1) is 24.1 Å². The van der Waals surface area contributed by atoms with Gasteiger partial charge in [0, 0.05) is 35.5 Å². The number of carboxylic acid groups (broad SMARTS) is 1. The maximum atomic E-state index is 12.7. The van der Waals surface area contributed by atoms with E-state index in [0.717, 1.165) is 32.1 Å². The van der Waals surface area contributed by atoms with Gasteiger partial charge in [0.05, 0.1) is 6.42 Å². The number of hydrogen-bond donors (Lipinski definition) is 0. The van der Waals surface area contributed by atoms with Gasteiger partial charge in [0.2, 0.25) is 0 Å². The number of rotatable bonds is 7. The molecule has 194 valence electrons. The van der Waals surface area contributed by atoms with Crippen LogP contribution >= 0.6 is 11.8 Å². The van der Waals surface area contributed by atoms with Crippen molar-refractivity contribution in [2.24, 2.45) is 17.8 Å². The Bertz CT molecular complexity index is 1210. The van der Waals surface area contributed by atoms with Gasteiger partial charge in [0.15, 0.2) is 5.78 Å². The van der Waals surface area contributed by atoms with Crippen LogP contribution in [0.15, 0.2) is 52.0 Å². The van der Waals surface area contributed by atoms with Crippen molar-refractivity contribution in [3.63, 3.8) is 0 Å². The van der Waals surface area contributed by atoms with Crippen LogP contribution in [0.25, 0.3) is 0 Å². The average molecular weight is 541 g/mol. The molecule has 38 heavy (non-hydrogen) atoms. The summed E-state index contributed by atoms with van der Waals surface area (Å²) in [6, 6.07) is 8.77. The summed E-state index contributed by atoms with van der Waals surface area (Å²) in [6.45, 7) is 0. The maximum absolute atomic E-state index is 12.7. The standard InChI is InChI=1S/C31H34O5S.Na/c1-3-15-31(36-29(35)13-12-28(33)34)16-14-24-25-10-6-20-17-21(32)7-11-23(20)30(25)26(18-27(24)31)19-4-8-22(37-2)9-5-19;/h1,4-5,8-9,17,24-27H,6-7,10-16,18H2,2H3,(H,33,34);/q;+1/p-1/t24?,25?,26-,27?,31+;/m1./s1. The van der Waals surface area contributed by atoms with Gasteiger partial charge in [-0.1, -0.05) is 17.7 Å². The fourth-order valence-electron chi connectivity index (χ4n) is 7.55. The van der Waals surface area contributed by atoms with E-state index in [0.29, 0.717) is 31.1 Å². The minimum absolute atomic E-state index is 0. The van der Waals surface area contributed by atoms with E-state index >= 15 is 0 Å². The molecule has 5 nitrogen and oxygen atoms in total. The van der Waals surface area contributed by atoms with Crippen LogP contribution in [-0.4, -0.2) is 29.6 Å².